The molecule has 4 unspecified atom stereocenters. The first kappa shape index (κ1) is 25.0. The summed E-state index contributed by atoms with van der Waals surface area (Å²) in [5.41, 5.74) is 0.172. The summed E-state index contributed by atoms with van der Waals surface area (Å²) < 4.78 is 0. The molecule has 0 aromatic heterocycles. The molecule has 6 nitrogen and oxygen atoms in total. The number of rotatable bonds is 6. The number of carbonyl (C=O) groups is 2. The van der Waals surface area contributed by atoms with Gasteiger partial charge in [-0.1, -0.05) is 34.1 Å². The highest BCUT2D eigenvalue weighted by atomic mass is 16.4. The molecule has 4 N–H and O–H groups in total. The second-order valence-corrected chi connectivity index (χ2v) is 12.6. The summed E-state index contributed by atoms with van der Waals surface area (Å²) in [6.07, 6.45) is 7.35. The summed E-state index contributed by atoms with van der Waals surface area (Å²) in [4.78, 5) is 23.0. The van der Waals surface area contributed by atoms with E-state index in [9.17, 15) is 30.0 Å². The van der Waals surface area contributed by atoms with E-state index in [4.69, 9.17) is 0 Å². The second-order valence-electron chi connectivity index (χ2n) is 12.6. The molecule has 0 radical (unpaired) electrons. The fraction of sp³-hybridized carbons (Fsp3) is 0.926. The average molecular weight is 465 g/mol. The van der Waals surface area contributed by atoms with Crippen molar-refractivity contribution in [2.75, 3.05) is 0 Å². The Morgan fingerprint density at radius 3 is 2.12 bits per heavy atom. The molecule has 188 valence electrons. The van der Waals surface area contributed by atoms with Gasteiger partial charge in [-0.05, 0) is 104 Å². The van der Waals surface area contributed by atoms with E-state index >= 15 is 0 Å². The number of fused-ring (bicyclic) bond motifs is 5. The van der Waals surface area contributed by atoms with Crippen LogP contribution in [-0.2, 0) is 9.59 Å². The molecule has 6 heteroatoms. The van der Waals surface area contributed by atoms with Gasteiger partial charge < -0.3 is 20.4 Å². The van der Waals surface area contributed by atoms with Gasteiger partial charge in [-0.15, -0.1) is 0 Å². The van der Waals surface area contributed by atoms with Crippen LogP contribution in [0, 0.1) is 58.2 Å². The Morgan fingerprint density at radius 1 is 0.909 bits per heavy atom. The van der Waals surface area contributed by atoms with Crippen LogP contribution in [0.15, 0.2) is 0 Å². The quantitative estimate of drug-likeness (QED) is 0.433. The fourth-order valence-corrected chi connectivity index (χ4v) is 9.78. The van der Waals surface area contributed by atoms with Crippen molar-refractivity contribution in [3.8, 4) is 0 Å². The smallest absolute Gasteiger partial charge is 0.317 e. The minimum atomic E-state index is -1.35. The van der Waals surface area contributed by atoms with E-state index in [2.05, 4.69) is 20.8 Å². The minimum Gasteiger partial charge on any atom is -0.481 e. The molecule has 0 heterocycles. The molecular formula is C27H44O6. The third kappa shape index (κ3) is 3.84. The molecule has 0 amide bonds. The van der Waals surface area contributed by atoms with Crippen LogP contribution in [0.4, 0.5) is 0 Å². The number of hydrogen-bond donors (Lipinski definition) is 4. The first-order valence-corrected chi connectivity index (χ1v) is 13.3. The SMILES string of the molecule is CC[C@@H]1C2C[C@H](O)CCC2(C)[C@H]2CCC3(C)[C@@H]([C@H](C)CC(C(=O)O)C(=O)O)CC[C@H]3C2[C@@H]1O. The van der Waals surface area contributed by atoms with E-state index in [1.165, 1.54) is 0 Å². The fourth-order valence-electron chi connectivity index (χ4n) is 9.78. The number of aliphatic hydroxyl groups is 2. The lowest BCUT2D eigenvalue weighted by molar-refractivity contribution is -0.203. The topological polar surface area (TPSA) is 115 Å². The third-order valence-electron chi connectivity index (χ3n) is 11.4. The summed E-state index contributed by atoms with van der Waals surface area (Å²) in [6, 6.07) is 0. The van der Waals surface area contributed by atoms with E-state index in [1.807, 2.05) is 6.92 Å². The summed E-state index contributed by atoms with van der Waals surface area (Å²) in [6.45, 7) is 8.98. The number of hydrogen-bond acceptors (Lipinski definition) is 4. The molecule has 4 saturated carbocycles. The van der Waals surface area contributed by atoms with Crippen LogP contribution in [0.1, 0.15) is 85.5 Å². The van der Waals surface area contributed by atoms with Crippen molar-refractivity contribution in [2.24, 2.45) is 58.2 Å². The van der Waals surface area contributed by atoms with Crippen LogP contribution in [0.5, 0.6) is 0 Å². The molecule has 4 aliphatic carbocycles. The van der Waals surface area contributed by atoms with Gasteiger partial charge in [0.2, 0.25) is 0 Å². The zero-order valence-electron chi connectivity index (χ0n) is 20.7. The highest BCUT2D eigenvalue weighted by molar-refractivity contribution is 5.92. The third-order valence-corrected chi connectivity index (χ3v) is 11.4. The Labute approximate surface area is 198 Å². The number of carboxylic acids is 2. The Morgan fingerprint density at radius 2 is 1.52 bits per heavy atom. The lowest BCUT2D eigenvalue weighted by Gasteiger charge is -2.64. The molecule has 0 bridgehead atoms. The molecule has 0 aromatic carbocycles. The van der Waals surface area contributed by atoms with Gasteiger partial charge in [0.05, 0.1) is 12.2 Å². The van der Waals surface area contributed by atoms with Crippen molar-refractivity contribution in [1.29, 1.82) is 0 Å². The summed E-state index contributed by atoms with van der Waals surface area (Å²) >= 11 is 0. The van der Waals surface area contributed by atoms with E-state index in [1.54, 1.807) is 0 Å². The van der Waals surface area contributed by atoms with Crippen LogP contribution < -0.4 is 0 Å². The Hall–Kier alpha value is -1.14. The van der Waals surface area contributed by atoms with Crippen LogP contribution in [-0.4, -0.2) is 44.6 Å². The predicted molar refractivity (Wildman–Crippen MR) is 124 cm³/mol. The van der Waals surface area contributed by atoms with Crippen molar-refractivity contribution in [3.05, 3.63) is 0 Å². The van der Waals surface area contributed by atoms with Gasteiger partial charge in [0.15, 0.2) is 5.92 Å². The van der Waals surface area contributed by atoms with Gasteiger partial charge in [0, 0.05) is 0 Å². The monoisotopic (exact) mass is 464 g/mol. The van der Waals surface area contributed by atoms with Crippen LogP contribution in [0.2, 0.25) is 0 Å². The average Bonchev–Trinajstić information content (AvgIpc) is 3.10. The van der Waals surface area contributed by atoms with Gasteiger partial charge in [-0.2, -0.15) is 0 Å². The van der Waals surface area contributed by atoms with E-state index in [0.717, 1.165) is 51.4 Å². The standard InChI is InChI=1S/C27H44O6/c1-5-16-21-13-15(28)8-10-27(21,4)20-9-11-26(3)18(6-7-19(26)22(20)23(16)29)14(2)12-17(24(30)31)25(32)33/h14-23,28-29H,5-13H2,1-4H3,(H,30,31)(H,32,33)/t14-,15-,16-,18-,19+,20+,21?,22?,23-,26?,27?/m1/s1. The Balaban J connectivity index is 1.61. The van der Waals surface area contributed by atoms with Gasteiger partial charge in [-0.25, -0.2) is 0 Å². The van der Waals surface area contributed by atoms with Crippen molar-refractivity contribution in [1.82, 2.24) is 0 Å². The van der Waals surface area contributed by atoms with Gasteiger partial charge in [0.25, 0.3) is 0 Å². The lowest BCUT2D eigenvalue weighted by atomic mass is 9.41. The second kappa shape index (κ2) is 8.82. The zero-order valence-corrected chi connectivity index (χ0v) is 20.7. The molecule has 33 heavy (non-hydrogen) atoms. The molecule has 11 atom stereocenters. The molecule has 0 spiro atoms. The molecule has 4 rings (SSSR count). The highest BCUT2D eigenvalue weighted by Gasteiger charge is 2.65. The summed E-state index contributed by atoms with van der Waals surface area (Å²) in [7, 11) is 0. The summed E-state index contributed by atoms with van der Waals surface area (Å²) in [5.74, 6) is -1.84. The minimum absolute atomic E-state index is 0.0127. The molecule has 4 aliphatic rings. The van der Waals surface area contributed by atoms with Crippen LogP contribution >= 0.6 is 0 Å². The Kier molecular flexibility index (Phi) is 6.67. The number of aliphatic carboxylic acids is 2. The van der Waals surface area contributed by atoms with E-state index in [-0.39, 0.29) is 53.1 Å². The van der Waals surface area contributed by atoms with Crippen LogP contribution in [0.3, 0.4) is 0 Å². The van der Waals surface area contributed by atoms with Gasteiger partial charge in [0.1, 0.15) is 0 Å². The molecule has 0 saturated heterocycles. The molecule has 4 fully saturated rings. The van der Waals surface area contributed by atoms with Gasteiger partial charge >= 0.3 is 11.9 Å². The number of carboxylic acid groups (broad SMARTS) is 2. The Bertz CT molecular complexity index is 754. The first-order chi connectivity index (χ1) is 15.5. The van der Waals surface area contributed by atoms with Crippen molar-refractivity contribution >= 4 is 11.9 Å². The first-order valence-electron chi connectivity index (χ1n) is 13.3. The van der Waals surface area contributed by atoms with Crippen molar-refractivity contribution < 1.29 is 30.0 Å². The number of aliphatic hydroxyl groups excluding tert-OH is 2. The van der Waals surface area contributed by atoms with Crippen molar-refractivity contribution in [3.63, 3.8) is 0 Å². The maximum Gasteiger partial charge on any atom is 0.317 e. The van der Waals surface area contributed by atoms with E-state index < -0.39 is 17.9 Å². The zero-order chi connectivity index (χ0) is 24.3. The van der Waals surface area contributed by atoms with E-state index in [0.29, 0.717) is 17.8 Å². The molecule has 0 aromatic rings. The molecule has 0 aliphatic heterocycles. The molecular weight excluding hydrogens is 420 g/mol. The van der Waals surface area contributed by atoms with Crippen molar-refractivity contribution in [2.45, 2.75) is 97.7 Å². The predicted octanol–water partition coefficient (Wildman–Crippen LogP) is 4.42. The summed E-state index contributed by atoms with van der Waals surface area (Å²) in [5, 5.41) is 41.0. The van der Waals surface area contributed by atoms with Crippen LogP contribution in [0.25, 0.3) is 0 Å². The highest BCUT2D eigenvalue weighted by Crippen LogP contribution is 2.69. The maximum absolute atomic E-state index is 11.7. The maximum atomic E-state index is 11.7. The largest absolute Gasteiger partial charge is 0.481 e. The lowest BCUT2D eigenvalue weighted by Crippen LogP contribution is -2.62. The van der Waals surface area contributed by atoms with Gasteiger partial charge in [-0.3, -0.25) is 9.59 Å². The normalized spacial score (nSPS) is 48.0.